The normalized spacial score (nSPS) is 29.2. The second kappa shape index (κ2) is 7.41. The van der Waals surface area contributed by atoms with Crippen LogP contribution in [-0.4, -0.2) is 23.6 Å². The van der Waals surface area contributed by atoms with Crippen molar-refractivity contribution < 1.29 is 14.3 Å². The van der Waals surface area contributed by atoms with Crippen molar-refractivity contribution in [3.8, 4) is 0 Å². The highest BCUT2D eigenvalue weighted by atomic mass is 16.6. The zero-order valence-electron chi connectivity index (χ0n) is 17.9. The van der Waals surface area contributed by atoms with Gasteiger partial charge in [0.05, 0.1) is 0 Å². The van der Waals surface area contributed by atoms with Gasteiger partial charge < -0.3 is 15.4 Å². The maximum absolute atomic E-state index is 13.2. The second-order valence-corrected chi connectivity index (χ2v) is 10.1. The molecule has 0 radical (unpaired) electrons. The quantitative estimate of drug-likeness (QED) is 0.804. The Morgan fingerprint density at radius 3 is 2.32 bits per heavy atom. The molecule has 4 rings (SSSR count). The van der Waals surface area contributed by atoms with E-state index in [0.29, 0.717) is 23.2 Å². The summed E-state index contributed by atoms with van der Waals surface area (Å²) in [5.74, 6) is 1.56. The van der Waals surface area contributed by atoms with Crippen molar-refractivity contribution in [2.45, 2.75) is 72.1 Å². The van der Waals surface area contributed by atoms with Crippen LogP contribution in [0.1, 0.15) is 66.0 Å². The van der Waals surface area contributed by atoms with Gasteiger partial charge in [0.1, 0.15) is 11.6 Å². The summed E-state index contributed by atoms with van der Waals surface area (Å²) in [4.78, 5) is 25.5. The first-order chi connectivity index (χ1) is 13.0. The molecule has 28 heavy (non-hydrogen) atoms. The fourth-order valence-corrected chi connectivity index (χ4v) is 4.98. The molecular weight excluding hydrogens is 352 g/mol. The number of carbonyl (C=O) groups is 2. The van der Waals surface area contributed by atoms with Gasteiger partial charge in [0.2, 0.25) is 5.91 Å². The van der Waals surface area contributed by atoms with E-state index < -0.39 is 17.7 Å². The zero-order valence-corrected chi connectivity index (χ0v) is 17.9. The molecule has 0 spiro atoms. The van der Waals surface area contributed by atoms with Gasteiger partial charge in [0.25, 0.3) is 0 Å². The van der Waals surface area contributed by atoms with Crippen molar-refractivity contribution in [1.29, 1.82) is 0 Å². The molecule has 2 bridgehead atoms. The van der Waals surface area contributed by atoms with Crippen molar-refractivity contribution in [3.05, 3.63) is 35.9 Å². The minimum absolute atomic E-state index is 0.149. The number of rotatable bonds is 4. The molecule has 3 aliphatic carbocycles. The molecule has 5 nitrogen and oxygen atoms in total. The molecule has 3 fully saturated rings. The van der Waals surface area contributed by atoms with Crippen LogP contribution in [0.2, 0.25) is 0 Å². The Morgan fingerprint density at radius 2 is 1.79 bits per heavy atom. The summed E-state index contributed by atoms with van der Waals surface area (Å²) in [6.07, 6.45) is 1.68. The van der Waals surface area contributed by atoms with Crippen LogP contribution in [-0.2, 0) is 9.53 Å². The van der Waals surface area contributed by atoms with Crippen LogP contribution in [0.5, 0.6) is 0 Å². The van der Waals surface area contributed by atoms with E-state index in [-0.39, 0.29) is 11.9 Å². The van der Waals surface area contributed by atoms with Crippen molar-refractivity contribution in [3.63, 3.8) is 0 Å². The third kappa shape index (κ3) is 4.18. The molecule has 5 heteroatoms. The minimum Gasteiger partial charge on any atom is -0.444 e. The molecular formula is C23H34N2O3. The first-order valence-electron chi connectivity index (χ1n) is 10.3. The molecule has 2 amide bonds. The number of carbonyl (C=O) groups excluding carboxylic acids is 2. The fraction of sp³-hybridized carbons (Fsp3) is 0.652. The summed E-state index contributed by atoms with van der Waals surface area (Å²) in [5.41, 5.74) is 0.501. The number of alkyl carbamates (subject to hydrolysis) is 1. The van der Waals surface area contributed by atoms with Crippen molar-refractivity contribution in [2.24, 2.45) is 23.2 Å². The first-order valence-corrected chi connectivity index (χ1v) is 10.3. The van der Waals surface area contributed by atoms with Gasteiger partial charge in [-0.05, 0) is 62.3 Å². The van der Waals surface area contributed by atoms with Crippen LogP contribution in [0.15, 0.2) is 30.3 Å². The summed E-state index contributed by atoms with van der Waals surface area (Å²) in [5, 5.41) is 5.98. The van der Waals surface area contributed by atoms with Gasteiger partial charge in [0.15, 0.2) is 0 Å². The van der Waals surface area contributed by atoms with Crippen molar-refractivity contribution >= 4 is 12.0 Å². The van der Waals surface area contributed by atoms with Crippen molar-refractivity contribution in [2.75, 3.05) is 0 Å². The van der Waals surface area contributed by atoms with Crippen LogP contribution >= 0.6 is 0 Å². The monoisotopic (exact) mass is 386 g/mol. The zero-order chi connectivity index (χ0) is 20.7. The number of ether oxygens (including phenoxy) is 1. The van der Waals surface area contributed by atoms with E-state index in [1.165, 1.54) is 6.42 Å². The number of hydrogen-bond donors (Lipinski definition) is 2. The van der Waals surface area contributed by atoms with Gasteiger partial charge in [0, 0.05) is 6.04 Å². The topological polar surface area (TPSA) is 67.4 Å². The Kier molecular flexibility index (Phi) is 5.48. The Balaban J connectivity index is 1.72. The smallest absolute Gasteiger partial charge is 0.408 e. The predicted octanol–water partition coefficient (Wildman–Crippen LogP) is 4.44. The first kappa shape index (κ1) is 20.7. The number of nitrogens with one attached hydrogen (secondary N) is 2. The molecule has 0 unspecified atom stereocenters. The number of fused-ring (bicyclic) bond motifs is 2. The maximum Gasteiger partial charge on any atom is 0.408 e. The highest BCUT2D eigenvalue weighted by Gasteiger charge is 2.56. The minimum atomic E-state index is -0.769. The lowest BCUT2D eigenvalue weighted by Crippen LogP contribution is -2.61. The van der Waals surface area contributed by atoms with Gasteiger partial charge in [-0.2, -0.15) is 0 Å². The fourth-order valence-electron chi connectivity index (χ4n) is 4.98. The summed E-state index contributed by atoms with van der Waals surface area (Å²) in [7, 11) is 0. The molecule has 1 aromatic rings. The SMILES string of the molecule is C[C@@H]1[C@H]2C[C@@H](C[C@H]1NC(=O)[C@H](NC(=O)OC(C)(C)C)c1ccccc1)C2(C)C. The Morgan fingerprint density at radius 1 is 1.14 bits per heavy atom. The van der Waals surface area contributed by atoms with Gasteiger partial charge in [-0.3, -0.25) is 4.79 Å². The highest BCUT2D eigenvalue weighted by Crippen LogP contribution is 2.61. The molecule has 0 saturated heterocycles. The van der Waals surface area contributed by atoms with Gasteiger partial charge in [-0.15, -0.1) is 0 Å². The Labute approximate surface area is 168 Å². The molecule has 0 heterocycles. The molecule has 5 atom stereocenters. The van der Waals surface area contributed by atoms with Crippen LogP contribution in [0.4, 0.5) is 4.79 Å². The van der Waals surface area contributed by atoms with Gasteiger partial charge in [-0.1, -0.05) is 51.1 Å². The number of amides is 2. The summed E-state index contributed by atoms with van der Waals surface area (Å²) < 4.78 is 5.37. The lowest BCUT2D eigenvalue weighted by molar-refractivity contribution is -0.135. The van der Waals surface area contributed by atoms with E-state index in [2.05, 4.69) is 31.4 Å². The molecule has 0 aliphatic heterocycles. The summed E-state index contributed by atoms with van der Waals surface area (Å²) in [6.45, 7) is 12.4. The Bertz CT molecular complexity index is 723. The third-order valence-electron chi connectivity index (χ3n) is 6.74. The maximum atomic E-state index is 13.2. The van der Waals surface area contributed by atoms with E-state index in [0.717, 1.165) is 12.0 Å². The van der Waals surface area contributed by atoms with Gasteiger partial charge in [-0.25, -0.2) is 4.79 Å². The van der Waals surface area contributed by atoms with E-state index in [1.807, 2.05) is 51.1 Å². The van der Waals surface area contributed by atoms with Crippen LogP contribution in [0.3, 0.4) is 0 Å². The van der Waals surface area contributed by atoms with E-state index >= 15 is 0 Å². The number of hydrogen-bond acceptors (Lipinski definition) is 3. The van der Waals surface area contributed by atoms with E-state index in [4.69, 9.17) is 4.74 Å². The van der Waals surface area contributed by atoms with Crippen molar-refractivity contribution in [1.82, 2.24) is 10.6 Å². The average molecular weight is 387 g/mol. The molecule has 3 saturated carbocycles. The Hall–Kier alpha value is -2.04. The van der Waals surface area contributed by atoms with E-state index in [9.17, 15) is 9.59 Å². The largest absolute Gasteiger partial charge is 0.444 e. The number of benzene rings is 1. The highest BCUT2D eigenvalue weighted by molar-refractivity contribution is 5.87. The second-order valence-electron chi connectivity index (χ2n) is 10.1. The standard InChI is InChI=1S/C23H34N2O3/c1-14-17-12-16(23(17,5)6)13-18(14)24-20(26)19(15-10-8-7-9-11-15)25-21(27)28-22(2,3)4/h7-11,14,16-19H,12-13H2,1-6H3,(H,24,26)(H,25,27)/t14-,16+,17-,18-,19-/m1/s1. The van der Waals surface area contributed by atoms with Crippen LogP contribution in [0, 0.1) is 23.2 Å². The lowest BCUT2D eigenvalue weighted by atomic mass is 9.45. The predicted molar refractivity (Wildman–Crippen MR) is 110 cm³/mol. The van der Waals surface area contributed by atoms with Gasteiger partial charge >= 0.3 is 6.09 Å². The molecule has 0 aromatic heterocycles. The molecule has 2 N–H and O–H groups in total. The van der Waals surface area contributed by atoms with Crippen LogP contribution in [0.25, 0.3) is 0 Å². The molecule has 154 valence electrons. The average Bonchev–Trinajstić information content (AvgIpc) is 2.60. The summed E-state index contributed by atoms with van der Waals surface area (Å²) >= 11 is 0. The van der Waals surface area contributed by atoms with E-state index in [1.54, 1.807) is 0 Å². The molecule has 1 aromatic carbocycles. The summed E-state index contributed by atoms with van der Waals surface area (Å²) in [6, 6.07) is 8.72. The van der Waals surface area contributed by atoms with Crippen LogP contribution < -0.4 is 10.6 Å². The third-order valence-corrected chi connectivity index (χ3v) is 6.74. The lowest BCUT2D eigenvalue weighted by Gasteiger charge is -2.62. The molecule has 3 aliphatic rings.